The second-order valence-corrected chi connectivity index (χ2v) is 7.40. The molecule has 142 valence electrons. The first-order valence-corrected chi connectivity index (χ1v) is 9.05. The van der Waals surface area contributed by atoms with Crippen molar-refractivity contribution in [2.45, 2.75) is 75.2 Å². The number of rotatable bonds is 5. The number of hydrogen-bond acceptors (Lipinski definition) is 6. The Labute approximate surface area is 151 Å². The summed E-state index contributed by atoms with van der Waals surface area (Å²) in [5.74, 6) is -3.18. The summed E-state index contributed by atoms with van der Waals surface area (Å²) in [5, 5.41) is 19.3. The van der Waals surface area contributed by atoms with Crippen LogP contribution in [-0.2, 0) is 30.3 Å². The maximum absolute atomic E-state index is 11.3. The number of ether oxygens (including phenoxy) is 4. The molecule has 0 radical (unpaired) electrons. The third kappa shape index (κ3) is 3.04. The third-order valence-electron chi connectivity index (χ3n) is 5.45. The van der Waals surface area contributed by atoms with E-state index in [4.69, 9.17) is 18.9 Å². The summed E-state index contributed by atoms with van der Waals surface area (Å²) in [4.78, 5) is 11.3. The van der Waals surface area contributed by atoms with E-state index in [0.717, 1.165) is 31.2 Å². The maximum atomic E-state index is 11.3. The minimum Gasteiger partial charge on any atom is -0.479 e. The van der Waals surface area contributed by atoms with Crippen molar-refractivity contribution in [3.05, 3.63) is 35.9 Å². The van der Waals surface area contributed by atoms with E-state index < -0.39 is 42.0 Å². The molecule has 1 aliphatic carbocycles. The Morgan fingerprint density at radius 2 is 1.96 bits per heavy atom. The lowest BCUT2D eigenvalue weighted by atomic mass is 10.0. The van der Waals surface area contributed by atoms with Gasteiger partial charge in [-0.3, -0.25) is 0 Å². The molecule has 7 nitrogen and oxygen atoms in total. The molecule has 7 heteroatoms. The molecular formula is C19H24O7. The van der Waals surface area contributed by atoms with Crippen molar-refractivity contribution in [3.63, 3.8) is 0 Å². The van der Waals surface area contributed by atoms with E-state index in [2.05, 4.69) is 0 Å². The average molecular weight is 364 g/mol. The molecule has 2 N–H and O–H groups in total. The molecule has 2 saturated heterocycles. The van der Waals surface area contributed by atoms with Crippen molar-refractivity contribution in [2.75, 3.05) is 0 Å². The molecule has 0 amide bonds. The fraction of sp³-hybridized carbons (Fsp3) is 0.632. The Kier molecular flexibility index (Phi) is 4.53. The summed E-state index contributed by atoms with van der Waals surface area (Å²) in [5.41, 5.74) is 0.944. The van der Waals surface area contributed by atoms with Crippen LogP contribution in [-0.4, -0.2) is 52.2 Å². The Bertz CT molecular complexity index is 657. The highest BCUT2D eigenvalue weighted by atomic mass is 16.9. The lowest BCUT2D eigenvalue weighted by Gasteiger charge is -2.29. The molecule has 0 aromatic heterocycles. The molecule has 3 fully saturated rings. The van der Waals surface area contributed by atoms with Crippen LogP contribution in [0.15, 0.2) is 30.3 Å². The van der Waals surface area contributed by atoms with E-state index in [0.29, 0.717) is 0 Å². The fourth-order valence-electron chi connectivity index (χ4n) is 4.22. The van der Waals surface area contributed by atoms with Gasteiger partial charge in [0.15, 0.2) is 17.7 Å². The summed E-state index contributed by atoms with van der Waals surface area (Å²) in [7, 11) is 0. The first-order chi connectivity index (χ1) is 12.4. The van der Waals surface area contributed by atoms with Crippen molar-refractivity contribution >= 4 is 5.97 Å². The lowest BCUT2D eigenvalue weighted by Crippen LogP contribution is -2.46. The first kappa shape index (κ1) is 17.9. The number of carboxylic acid groups (broad SMARTS) is 1. The van der Waals surface area contributed by atoms with Crippen molar-refractivity contribution in [1.82, 2.24) is 0 Å². The highest BCUT2D eigenvalue weighted by molar-refractivity contribution is 5.73. The van der Waals surface area contributed by atoms with E-state index in [1.807, 2.05) is 30.3 Å². The number of aliphatic carboxylic acids is 1. The molecule has 0 bridgehead atoms. The number of fused-ring (bicyclic) bond motifs is 1. The van der Waals surface area contributed by atoms with Gasteiger partial charge in [-0.1, -0.05) is 30.3 Å². The van der Waals surface area contributed by atoms with Crippen LogP contribution in [0, 0.1) is 0 Å². The van der Waals surface area contributed by atoms with Gasteiger partial charge in [0.05, 0.1) is 6.61 Å². The second-order valence-electron chi connectivity index (χ2n) is 7.40. The average Bonchev–Trinajstić information content (AvgIpc) is 3.25. The van der Waals surface area contributed by atoms with Gasteiger partial charge in [0.1, 0.15) is 18.3 Å². The number of aliphatic hydroxyl groups excluding tert-OH is 1. The maximum Gasteiger partial charge on any atom is 0.335 e. The Morgan fingerprint density at radius 3 is 2.62 bits per heavy atom. The molecular weight excluding hydrogens is 340 g/mol. The summed E-state index contributed by atoms with van der Waals surface area (Å²) in [6.45, 7) is 2.00. The Morgan fingerprint density at radius 1 is 1.27 bits per heavy atom. The molecule has 3 aliphatic rings. The molecule has 1 aromatic rings. The van der Waals surface area contributed by atoms with Crippen LogP contribution in [0.1, 0.15) is 38.2 Å². The van der Waals surface area contributed by atoms with Gasteiger partial charge in [-0.15, -0.1) is 0 Å². The zero-order valence-electron chi connectivity index (χ0n) is 14.7. The van der Waals surface area contributed by atoms with Gasteiger partial charge >= 0.3 is 5.97 Å². The molecule has 0 unspecified atom stereocenters. The van der Waals surface area contributed by atoms with Crippen LogP contribution in [0.4, 0.5) is 0 Å². The zero-order chi connectivity index (χ0) is 18.4. The molecule has 4 rings (SSSR count). The topological polar surface area (TPSA) is 94.5 Å². The van der Waals surface area contributed by atoms with E-state index in [1.165, 1.54) is 0 Å². The molecule has 2 heterocycles. The monoisotopic (exact) mass is 364 g/mol. The normalized spacial score (nSPS) is 36.3. The first-order valence-electron chi connectivity index (χ1n) is 9.05. The number of benzene rings is 1. The summed E-state index contributed by atoms with van der Waals surface area (Å²) in [6, 6.07) is 9.55. The van der Waals surface area contributed by atoms with Gasteiger partial charge in [0.25, 0.3) is 0 Å². The quantitative estimate of drug-likeness (QED) is 0.823. The minimum atomic E-state index is -1.72. The van der Waals surface area contributed by atoms with Crippen LogP contribution in [0.5, 0.6) is 0 Å². The summed E-state index contributed by atoms with van der Waals surface area (Å²) < 4.78 is 24.2. The zero-order valence-corrected chi connectivity index (χ0v) is 14.7. The molecule has 1 aromatic carbocycles. The van der Waals surface area contributed by atoms with E-state index in [1.54, 1.807) is 6.92 Å². The Balaban J connectivity index is 1.56. The smallest absolute Gasteiger partial charge is 0.335 e. The van der Waals surface area contributed by atoms with Crippen molar-refractivity contribution in [3.8, 4) is 0 Å². The highest BCUT2D eigenvalue weighted by Crippen LogP contribution is 2.52. The van der Waals surface area contributed by atoms with Crippen molar-refractivity contribution in [1.29, 1.82) is 0 Å². The predicted molar refractivity (Wildman–Crippen MR) is 89.1 cm³/mol. The van der Waals surface area contributed by atoms with Crippen LogP contribution in [0.3, 0.4) is 0 Å². The van der Waals surface area contributed by atoms with Crippen LogP contribution in [0.2, 0.25) is 0 Å². The SMILES string of the molecule is C[C@]12O[C@H]([C@H](O)C(=O)O)[C@H](OCc3ccccc3)[C@H]1OC1(CCCC1)O2. The predicted octanol–water partition coefficient (Wildman–Crippen LogP) is 1.82. The third-order valence-corrected chi connectivity index (χ3v) is 5.45. The highest BCUT2D eigenvalue weighted by Gasteiger charge is 2.67. The van der Waals surface area contributed by atoms with Crippen molar-refractivity contribution in [2.24, 2.45) is 0 Å². The number of aliphatic hydroxyl groups is 1. The molecule has 26 heavy (non-hydrogen) atoms. The van der Waals surface area contributed by atoms with Crippen LogP contribution >= 0.6 is 0 Å². The standard InChI is InChI=1S/C19H24O7/c1-18-16(25-19(26-18)9-5-6-10-19)15(14(24-18)13(20)17(21)22)23-11-12-7-3-2-4-8-12/h2-4,7-8,13-16,20H,5-6,9-11H2,1H3,(H,21,22)/t13-,14+,15-,16+,18+/m0/s1. The molecule has 1 spiro atoms. The van der Waals surface area contributed by atoms with Crippen LogP contribution in [0.25, 0.3) is 0 Å². The summed E-state index contributed by atoms with van der Waals surface area (Å²) >= 11 is 0. The molecule has 2 aliphatic heterocycles. The van der Waals surface area contributed by atoms with Crippen LogP contribution < -0.4 is 0 Å². The van der Waals surface area contributed by atoms with Gasteiger partial charge in [-0.25, -0.2) is 4.79 Å². The van der Waals surface area contributed by atoms with Crippen molar-refractivity contribution < 1.29 is 34.0 Å². The van der Waals surface area contributed by atoms with Gasteiger partial charge in [-0.05, 0) is 25.3 Å². The molecule has 5 atom stereocenters. The van der Waals surface area contributed by atoms with E-state index in [-0.39, 0.29) is 6.61 Å². The van der Waals surface area contributed by atoms with Gasteiger partial charge in [-0.2, -0.15) is 0 Å². The van der Waals surface area contributed by atoms with Gasteiger partial charge in [0.2, 0.25) is 0 Å². The van der Waals surface area contributed by atoms with Gasteiger partial charge in [0, 0.05) is 12.8 Å². The second kappa shape index (κ2) is 6.58. The number of hydrogen-bond donors (Lipinski definition) is 2. The minimum absolute atomic E-state index is 0.265. The Hall–Kier alpha value is -1.51. The largest absolute Gasteiger partial charge is 0.479 e. The molecule has 1 saturated carbocycles. The van der Waals surface area contributed by atoms with Gasteiger partial charge < -0.3 is 29.2 Å². The fourth-order valence-corrected chi connectivity index (χ4v) is 4.22. The van der Waals surface area contributed by atoms with E-state index >= 15 is 0 Å². The number of carboxylic acids is 1. The lowest BCUT2D eigenvalue weighted by molar-refractivity contribution is -0.276. The summed E-state index contributed by atoms with van der Waals surface area (Å²) in [6.07, 6.45) is -0.538. The number of carbonyl (C=O) groups is 1. The van der Waals surface area contributed by atoms with E-state index in [9.17, 15) is 15.0 Å².